The van der Waals surface area contributed by atoms with E-state index >= 15 is 0 Å². The predicted molar refractivity (Wildman–Crippen MR) is 121 cm³/mol. The zero-order valence-electron chi connectivity index (χ0n) is 16.5. The van der Waals surface area contributed by atoms with Gasteiger partial charge in [0.25, 0.3) is 0 Å². The van der Waals surface area contributed by atoms with Crippen LogP contribution < -0.4 is 20.7 Å². The lowest BCUT2D eigenvalue weighted by Gasteiger charge is -2.18. The monoisotopic (exact) mass is 500 g/mol. The number of nitrogens with zero attached hydrogens (tertiary/aromatic N) is 1. The predicted octanol–water partition coefficient (Wildman–Crippen LogP) is 2.84. The largest absolute Gasteiger partial charge is 0.489 e. The van der Waals surface area contributed by atoms with Crippen LogP contribution in [0.5, 0.6) is 5.75 Å². The van der Waals surface area contributed by atoms with E-state index in [1.165, 1.54) is 0 Å². The number of para-hydroxylation sites is 1. The van der Waals surface area contributed by atoms with Crippen LogP contribution in [-0.2, 0) is 11.3 Å². The Labute approximate surface area is 183 Å². The van der Waals surface area contributed by atoms with E-state index < -0.39 is 0 Å². The quantitative estimate of drug-likeness (QED) is 0.280. The van der Waals surface area contributed by atoms with Gasteiger partial charge in [0.1, 0.15) is 24.2 Å². The number of guanidine groups is 1. The van der Waals surface area contributed by atoms with Crippen molar-refractivity contribution in [2.45, 2.75) is 33.4 Å². The zero-order chi connectivity index (χ0) is 19.5. The molecule has 28 heavy (non-hydrogen) atoms. The van der Waals surface area contributed by atoms with Crippen LogP contribution in [0.3, 0.4) is 0 Å². The highest BCUT2D eigenvalue weighted by Crippen LogP contribution is 2.17. The Morgan fingerprint density at radius 3 is 2.64 bits per heavy atom. The highest BCUT2D eigenvalue weighted by molar-refractivity contribution is 14.0. The molecule has 8 heteroatoms. The first-order valence-corrected chi connectivity index (χ1v) is 9.12. The Hall–Kier alpha value is -2.23. The first-order chi connectivity index (χ1) is 13.1. The van der Waals surface area contributed by atoms with Crippen molar-refractivity contribution in [3.8, 4) is 5.75 Å². The van der Waals surface area contributed by atoms with E-state index in [2.05, 4.69) is 20.9 Å². The molecule has 0 saturated carbocycles. The summed E-state index contributed by atoms with van der Waals surface area (Å²) in [7, 11) is 0. The summed E-state index contributed by atoms with van der Waals surface area (Å²) < 4.78 is 11.1. The molecular weight excluding hydrogens is 471 g/mol. The Morgan fingerprint density at radius 1 is 1.18 bits per heavy atom. The summed E-state index contributed by atoms with van der Waals surface area (Å²) in [6.07, 6.45) is 1.52. The first-order valence-electron chi connectivity index (χ1n) is 9.12. The van der Waals surface area contributed by atoms with Crippen molar-refractivity contribution >= 4 is 35.8 Å². The standard InChI is InChI=1S/C20H28N4O3.HI/c1-4-21-20(24-14-19(25)22-13-17-9-7-11-26-17)23-12-16(3)27-18-10-6-5-8-15(18)2;/h5-11,16H,4,12-14H2,1-3H3,(H,22,25)(H2,21,23,24);1H. The molecule has 154 valence electrons. The van der Waals surface area contributed by atoms with Gasteiger partial charge < -0.3 is 25.1 Å². The molecule has 0 spiro atoms. The molecule has 1 atom stereocenters. The summed E-state index contributed by atoms with van der Waals surface area (Å²) in [6, 6.07) is 11.5. The minimum atomic E-state index is -0.173. The molecule has 0 fully saturated rings. The van der Waals surface area contributed by atoms with Gasteiger partial charge >= 0.3 is 0 Å². The van der Waals surface area contributed by atoms with Crippen LogP contribution >= 0.6 is 24.0 Å². The molecule has 0 aliphatic rings. The van der Waals surface area contributed by atoms with Gasteiger partial charge in [0, 0.05) is 6.54 Å². The van der Waals surface area contributed by atoms with Gasteiger partial charge in [-0.1, -0.05) is 18.2 Å². The van der Waals surface area contributed by atoms with Crippen molar-refractivity contribution < 1.29 is 13.9 Å². The molecule has 2 aromatic rings. The number of hydrogen-bond acceptors (Lipinski definition) is 4. The lowest BCUT2D eigenvalue weighted by molar-refractivity contribution is -0.119. The molecule has 1 amide bonds. The molecule has 1 aromatic carbocycles. The van der Waals surface area contributed by atoms with Crippen LogP contribution in [0.2, 0.25) is 0 Å². The summed E-state index contributed by atoms with van der Waals surface area (Å²) in [5, 5.41) is 9.09. The number of benzene rings is 1. The van der Waals surface area contributed by atoms with Gasteiger partial charge in [0.2, 0.25) is 5.91 Å². The van der Waals surface area contributed by atoms with Gasteiger partial charge in [0.15, 0.2) is 5.96 Å². The van der Waals surface area contributed by atoms with Crippen LogP contribution in [0.1, 0.15) is 25.2 Å². The Kier molecular flexibility index (Phi) is 11.1. The Balaban J connectivity index is 0.00000392. The number of amides is 1. The van der Waals surface area contributed by atoms with E-state index in [4.69, 9.17) is 9.15 Å². The fourth-order valence-electron chi connectivity index (χ4n) is 2.33. The van der Waals surface area contributed by atoms with Crippen molar-refractivity contribution in [3.63, 3.8) is 0 Å². The van der Waals surface area contributed by atoms with Crippen LogP contribution in [0.25, 0.3) is 0 Å². The maximum absolute atomic E-state index is 11.9. The van der Waals surface area contributed by atoms with Gasteiger partial charge in [-0.15, -0.1) is 24.0 Å². The van der Waals surface area contributed by atoms with Crippen LogP contribution in [0.4, 0.5) is 0 Å². The maximum Gasteiger partial charge on any atom is 0.242 e. The molecular formula is C20H29IN4O3. The van der Waals surface area contributed by atoms with Crippen LogP contribution in [-0.4, -0.2) is 37.6 Å². The molecule has 0 saturated heterocycles. The third-order valence-electron chi connectivity index (χ3n) is 3.74. The van der Waals surface area contributed by atoms with E-state index in [0.717, 1.165) is 11.3 Å². The van der Waals surface area contributed by atoms with Gasteiger partial charge in [-0.2, -0.15) is 0 Å². The first kappa shape index (κ1) is 23.8. The number of nitrogens with one attached hydrogen (secondary N) is 3. The number of aryl methyl sites for hydroxylation is 1. The lowest BCUT2D eigenvalue weighted by Crippen LogP contribution is -2.42. The van der Waals surface area contributed by atoms with Crippen LogP contribution in [0.15, 0.2) is 52.1 Å². The molecule has 0 radical (unpaired) electrons. The van der Waals surface area contributed by atoms with Crippen molar-refractivity contribution in [1.82, 2.24) is 16.0 Å². The lowest BCUT2D eigenvalue weighted by atomic mass is 10.2. The SMILES string of the molecule is CCNC(=NCC(=O)NCc1ccco1)NCC(C)Oc1ccccc1C.I. The molecule has 2 rings (SSSR count). The van der Waals surface area contributed by atoms with Gasteiger partial charge in [-0.3, -0.25) is 4.79 Å². The summed E-state index contributed by atoms with van der Waals surface area (Å²) in [6.45, 7) is 7.62. The van der Waals surface area contributed by atoms with Crippen molar-refractivity contribution in [3.05, 3.63) is 54.0 Å². The number of halogens is 1. The number of furan rings is 1. The second-order valence-corrected chi connectivity index (χ2v) is 6.13. The summed E-state index contributed by atoms with van der Waals surface area (Å²) >= 11 is 0. The Morgan fingerprint density at radius 2 is 1.96 bits per heavy atom. The highest BCUT2D eigenvalue weighted by atomic mass is 127. The molecule has 1 unspecified atom stereocenters. The third kappa shape index (κ3) is 8.64. The summed E-state index contributed by atoms with van der Waals surface area (Å²) in [5.74, 6) is 1.98. The zero-order valence-corrected chi connectivity index (χ0v) is 18.9. The fraction of sp³-hybridized carbons (Fsp3) is 0.400. The number of carbonyl (C=O) groups excluding carboxylic acids is 1. The van der Waals surface area contributed by atoms with Crippen LogP contribution in [0, 0.1) is 6.92 Å². The number of carbonyl (C=O) groups is 1. The van der Waals surface area contributed by atoms with E-state index in [1.807, 2.05) is 51.1 Å². The third-order valence-corrected chi connectivity index (χ3v) is 3.74. The van der Waals surface area contributed by atoms with Crippen molar-refractivity contribution in [2.24, 2.45) is 4.99 Å². The molecule has 7 nitrogen and oxygen atoms in total. The number of aliphatic imine (C=N–C) groups is 1. The fourth-order valence-corrected chi connectivity index (χ4v) is 2.33. The summed E-state index contributed by atoms with van der Waals surface area (Å²) in [4.78, 5) is 16.2. The molecule has 0 aliphatic carbocycles. The average molecular weight is 500 g/mol. The normalized spacial score (nSPS) is 11.9. The van der Waals surface area contributed by atoms with E-state index in [0.29, 0.717) is 31.4 Å². The molecule has 0 aliphatic heterocycles. The van der Waals surface area contributed by atoms with Gasteiger partial charge in [-0.05, 0) is 44.5 Å². The number of rotatable bonds is 9. The minimum absolute atomic E-state index is 0. The van der Waals surface area contributed by atoms with Crippen molar-refractivity contribution in [1.29, 1.82) is 0 Å². The molecule has 3 N–H and O–H groups in total. The molecule has 1 heterocycles. The average Bonchev–Trinajstić information content (AvgIpc) is 3.18. The second kappa shape index (κ2) is 13.0. The number of ether oxygens (including phenoxy) is 1. The highest BCUT2D eigenvalue weighted by Gasteiger charge is 2.08. The van der Waals surface area contributed by atoms with Gasteiger partial charge in [0.05, 0.1) is 19.4 Å². The maximum atomic E-state index is 11.9. The Bertz CT molecular complexity index is 735. The number of hydrogen-bond donors (Lipinski definition) is 3. The van der Waals surface area contributed by atoms with E-state index in [1.54, 1.807) is 12.3 Å². The van der Waals surface area contributed by atoms with Crippen molar-refractivity contribution in [2.75, 3.05) is 19.6 Å². The van der Waals surface area contributed by atoms with Gasteiger partial charge in [-0.25, -0.2) is 4.99 Å². The smallest absolute Gasteiger partial charge is 0.242 e. The minimum Gasteiger partial charge on any atom is -0.489 e. The second-order valence-electron chi connectivity index (χ2n) is 6.13. The topological polar surface area (TPSA) is 87.9 Å². The van der Waals surface area contributed by atoms with E-state index in [-0.39, 0.29) is 42.5 Å². The molecule has 1 aromatic heterocycles. The summed E-state index contributed by atoms with van der Waals surface area (Å²) in [5.41, 5.74) is 1.10. The molecule has 0 bridgehead atoms. The van der Waals surface area contributed by atoms with E-state index in [9.17, 15) is 4.79 Å².